The van der Waals surface area contributed by atoms with Crippen molar-refractivity contribution in [1.82, 2.24) is 24.6 Å². The maximum atomic E-state index is 13.2. The van der Waals surface area contributed by atoms with E-state index in [1.54, 1.807) is 0 Å². The van der Waals surface area contributed by atoms with Crippen LogP contribution in [0.5, 0.6) is 0 Å². The highest BCUT2D eigenvalue weighted by molar-refractivity contribution is 5.85. The van der Waals surface area contributed by atoms with Gasteiger partial charge in [0.25, 0.3) is 0 Å². The molecule has 0 aromatic carbocycles. The number of piperidine rings is 1. The van der Waals surface area contributed by atoms with Gasteiger partial charge in [0.1, 0.15) is 12.4 Å². The van der Waals surface area contributed by atoms with E-state index in [2.05, 4.69) is 15.1 Å². The minimum absolute atomic E-state index is 0.122. The summed E-state index contributed by atoms with van der Waals surface area (Å²) >= 11 is 0. The summed E-state index contributed by atoms with van der Waals surface area (Å²) in [5.41, 5.74) is -0.526. The fraction of sp³-hybridized carbons (Fsp3) is 0.824. The van der Waals surface area contributed by atoms with Crippen LogP contribution in [-0.4, -0.2) is 80.5 Å². The zero-order chi connectivity index (χ0) is 18.0. The highest BCUT2D eigenvalue weighted by Crippen LogP contribution is 2.28. The van der Waals surface area contributed by atoms with Gasteiger partial charge >= 0.3 is 0 Å². The Morgan fingerprint density at radius 2 is 2.00 bits per heavy atom. The molecule has 0 spiro atoms. The fourth-order valence-corrected chi connectivity index (χ4v) is 3.89. The van der Waals surface area contributed by atoms with E-state index < -0.39 is 5.54 Å². The van der Waals surface area contributed by atoms with Crippen LogP contribution < -0.4 is 0 Å². The van der Waals surface area contributed by atoms with Gasteiger partial charge in [-0.15, -0.1) is 10.2 Å². The third-order valence-electron chi connectivity index (χ3n) is 5.54. The molecule has 8 nitrogen and oxygen atoms in total. The van der Waals surface area contributed by atoms with Crippen LogP contribution >= 0.6 is 0 Å². The summed E-state index contributed by atoms with van der Waals surface area (Å²) in [6, 6.07) is 0. The number of amides is 1. The summed E-state index contributed by atoms with van der Waals surface area (Å²) in [6.45, 7) is 8.29. The van der Waals surface area contributed by atoms with E-state index in [1.165, 1.54) is 0 Å². The van der Waals surface area contributed by atoms with Gasteiger partial charge in [0, 0.05) is 39.1 Å². The van der Waals surface area contributed by atoms with E-state index in [1.807, 2.05) is 30.4 Å². The lowest BCUT2D eigenvalue weighted by Crippen LogP contribution is -2.60. The molecule has 1 unspecified atom stereocenters. The van der Waals surface area contributed by atoms with E-state index in [0.717, 1.165) is 38.3 Å². The number of ether oxygens (including phenoxy) is 1. The number of carbonyl (C=O) groups is 1. The third kappa shape index (κ3) is 3.56. The van der Waals surface area contributed by atoms with Crippen molar-refractivity contribution in [3.05, 3.63) is 11.6 Å². The first kappa shape index (κ1) is 18.3. The number of morpholine rings is 1. The predicted molar refractivity (Wildman–Crippen MR) is 92.0 cm³/mol. The Morgan fingerprint density at radius 1 is 1.28 bits per heavy atom. The van der Waals surface area contributed by atoms with Crippen molar-refractivity contribution in [2.45, 2.75) is 44.8 Å². The van der Waals surface area contributed by atoms with Crippen LogP contribution in [0.15, 0.2) is 0 Å². The Labute approximate surface area is 148 Å². The van der Waals surface area contributed by atoms with E-state index in [9.17, 15) is 9.90 Å². The van der Waals surface area contributed by atoms with Gasteiger partial charge in [-0.05, 0) is 26.7 Å². The second-order valence-corrected chi connectivity index (χ2v) is 7.44. The number of nitrogens with zero attached hydrogens (tertiary/aromatic N) is 5. The Bertz CT molecular complexity index is 609. The molecule has 0 aliphatic carbocycles. The molecule has 140 valence electrons. The van der Waals surface area contributed by atoms with Crippen molar-refractivity contribution in [3.8, 4) is 0 Å². The molecule has 0 bridgehead atoms. The predicted octanol–water partition coefficient (Wildman–Crippen LogP) is 0.124. The number of rotatable bonds is 4. The summed E-state index contributed by atoms with van der Waals surface area (Å²) < 4.78 is 7.27. The minimum atomic E-state index is -0.526. The summed E-state index contributed by atoms with van der Waals surface area (Å²) in [6.07, 6.45) is 1.94. The van der Waals surface area contributed by atoms with Crippen LogP contribution in [-0.2, 0) is 23.2 Å². The first-order valence-corrected chi connectivity index (χ1v) is 9.06. The maximum absolute atomic E-state index is 13.2. The molecule has 25 heavy (non-hydrogen) atoms. The van der Waals surface area contributed by atoms with E-state index in [4.69, 9.17) is 4.74 Å². The number of likely N-dealkylation sites (tertiary alicyclic amines) is 1. The Balaban J connectivity index is 1.71. The van der Waals surface area contributed by atoms with Gasteiger partial charge in [-0.25, -0.2) is 0 Å². The fourth-order valence-electron chi connectivity index (χ4n) is 3.89. The molecule has 2 aliphatic rings. The number of hydrogen-bond donors (Lipinski definition) is 1. The molecule has 2 saturated heterocycles. The van der Waals surface area contributed by atoms with Crippen molar-refractivity contribution in [1.29, 1.82) is 0 Å². The molecule has 1 amide bonds. The lowest BCUT2D eigenvalue weighted by atomic mass is 9.93. The highest BCUT2D eigenvalue weighted by Gasteiger charge is 2.40. The van der Waals surface area contributed by atoms with Gasteiger partial charge in [0.2, 0.25) is 5.91 Å². The molecule has 2 fully saturated rings. The van der Waals surface area contributed by atoms with Gasteiger partial charge in [-0.1, -0.05) is 0 Å². The monoisotopic (exact) mass is 351 g/mol. The molecular weight excluding hydrogens is 322 g/mol. The van der Waals surface area contributed by atoms with E-state index in [-0.39, 0.29) is 18.4 Å². The van der Waals surface area contributed by atoms with Crippen molar-refractivity contribution >= 4 is 5.91 Å². The molecule has 8 heteroatoms. The Morgan fingerprint density at radius 3 is 2.64 bits per heavy atom. The van der Waals surface area contributed by atoms with Crippen molar-refractivity contribution in [3.63, 3.8) is 0 Å². The third-order valence-corrected chi connectivity index (χ3v) is 5.54. The first-order chi connectivity index (χ1) is 11.9. The molecule has 0 radical (unpaired) electrons. The molecule has 3 rings (SSSR count). The zero-order valence-corrected chi connectivity index (χ0v) is 15.4. The molecule has 2 aliphatic heterocycles. The Kier molecular flexibility index (Phi) is 5.41. The SMILES string of the molecule is Cn1c(CO)nnc1C1CCCN(C(=O)C(C)(C)N2CCOCC2)C1. The summed E-state index contributed by atoms with van der Waals surface area (Å²) in [4.78, 5) is 17.4. The normalized spacial score (nSPS) is 23.0. The second kappa shape index (κ2) is 7.39. The quantitative estimate of drug-likeness (QED) is 0.830. The lowest BCUT2D eigenvalue weighted by Gasteiger charge is -2.44. The van der Waals surface area contributed by atoms with Gasteiger partial charge in [-0.2, -0.15) is 0 Å². The van der Waals surface area contributed by atoms with Crippen molar-refractivity contribution < 1.29 is 14.6 Å². The number of aliphatic hydroxyl groups is 1. The second-order valence-electron chi connectivity index (χ2n) is 7.44. The van der Waals surface area contributed by atoms with Crippen LogP contribution in [0.1, 0.15) is 44.3 Å². The largest absolute Gasteiger partial charge is 0.388 e. The van der Waals surface area contributed by atoms with Crippen molar-refractivity contribution in [2.24, 2.45) is 7.05 Å². The summed E-state index contributed by atoms with van der Waals surface area (Å²) in [7, 11) is 1.87. The topological polar surface area (TPSA) is 83.7 Å². The average molecular weight is 351 g/mol. The van der Waals surface area contributed by atoms with Gasteiger partial charge in [0.05, 0.1) is 18.8 Å². The van der Waals surface area contributed by atoms with Crippen LogP contribution in [0.4, 0.5) is 0 Å². The molecule has 1 aromatic rings. The maximum Gasteiger partial charge on any atom is 0.242 e. The summed E-state index contributed by atoms with van der Waals surface area (Å²) in [5, 5.41) is 17.6. The van der Waals surface area contributed by atoms with E-state index in [0.29, 0.717) is 25.6 Å². The van der Waals surface area contributed by atoms with Gasteiger partial charge in [-0.3, -0.25) is 9.69 Å². The molecule has 3 heterocycles. The van der Waals surface area contributed by atoms with Crippen LogP contribution in [0.25, 0.3) is 0 Å². The molecular formula is C17H29N5O3. The molecule has 1 N–H and O–H groups in total. The first-order valence-electron chi connectivity index (χ1n) is 9.06. The van der Waals surface area contributed by atoms with Gasteiger partial charge < -0.3 is 19.3 Å². The van der Waals surface area contributed by atoms with Crippen LogP contribution in [0.3, 0.4) is 0 Å². The number of hydrogen-bond acceptors (Lipinski definition) is 6. The van der Waals surface area contributed by atoms with Crippen LogP contribution in [0.2, 0.25) is 0 Å². The van der Waals surface area contributed by atoms with E-state index >= 15 is 0 Å². The molecule has 1 atom stereocenters. The number of aromatic nitrogens is 3. The zero-order valence-electron chi connectivity index (χ0n) is 15.4. The molecule has 1 aromatic heterocycles. The standard InChI is InChI=1S/C17H29N5O3/c1-17(2,22-7-9-25-10-8-22)16(24)21-6-4-5-13(11-21)15-19-18-14(12-23)20(15)3/h13,23H,4-12H2,1-3H3. The summed E-state index contributed by atoms with van der Waals surface area (Å²) in [5.74, 6) is 1.75. The highest BCUT2D eigenvalue weighted by atomic mass is 16.5. The van der Waals surface area contributed by atoms with Crippen LogP contribution in [0, 0.1) is 0 Å². The Hall–Kier alpha value is -1.51. The number of carbonyl (C=O) groups excluding carboxylic acids is 1. The molecule has 0 saturated carbocycles. The lowest BCUT2D eigenvalue weighted by molar-refractivity contribution is -0.146. The minimum Gasteiger partial charge on any atom is -0.388 e. The average Bonchev–Trinajstić information content (AvgIpc) is 3.02. The van der Waals surface area contributed by atoms with Crippen molar-refractivity contribution in [2.75, 3.05) is 39.4 Å². The van der Waals surface area contributed by atoms with Gasteiger partial charge in [0.15, 0.2) is 5.82 Å². The number of aliphatic hydroxyl groups excluding tert-OH is 1. The smallest absolute Gasteiger partial charge is 0.242 e.